The van der Waals surface area contributed by atoms with E-state index in [1.807, 2.05) is 49.7 Å². The Morgan fingerprint density at radius 3 is 2.71 bits per heavy atom. The fraction of sp³-hybridized carbons (Fsp3) is 0.453. The normalized spacial score (nSPS) is 25.5. The number of hydrogen-bond acceptors (Lipinski definition) is 15. The maximum atomic E-state index is 12.2. The van der Waals surface area contributed by atoms with E-state index in [0.29, 0.717) is 62.2 Å². The third-order valence-electron chi connectivity index (χ3n) is 14.0. The number of phenolic OH excluding ortho intramolecular Hbond substituents is 3. The largest absolute Gasteiger partial charge is 0.504 e. The van der Waals surface area contributed by atoms with Crippen LogP contribution in [-0.2, 0) is 33.5 Å². The molecule has 4 aliphatic heterocycles. The van der Waals surface area contributed by atoms with E-state index in [4.69, 9.17) is 29.7 Å². The third-order valence-corrected chi connectivity index (χ3v) is 14.0. The van der Waals surface area contributed by atoms with Gasteiger partial charge in [0.2, 0.25) is 5.75 Å². The highest BCUT2D eigenvalue weighted by molar-refractivity contribution is 5.83. The van der Waals surface area contributed by atoms with Gasteiger partial charge in [0.15, 0.2) is 29.0 Å². The molecule has 2 aromatic heterocycles. The van der Waals surface area contributed by atoms with Crippen LogP contribution in [0, 0.1) is 5.92 Å². The lowest BCUT2D eigenvalue weighted by Crippen LogP contribution is -2.74. The van der Waals surface area contributed by atoms with Crippen LogP contribution < -0.4 is 31.2 Å². The Bertz CT molecular complexity index is 2610. The highest BCUT2D eigenvalue weighted by Gasteiger charge is 2.52. The molecule has 6 heterocycles. The van der Waals surface area contributed by atoms with Gasteiger partial charge in [0.25, 0.3) is 0 Å². The van der Waals surface area contributed by atoms with Crippen LogP contribution in [-0.4, -0.2) is 112 Å². The summed E-state index contributed by atoms with van der Waals surface area (Å²) in [5, 5.41) is 43.9. The molecule has 5 aliphatic rings. The molecule has 1 spiro atoms. The number of guanidine groups is 1. The van der Waals surface area contributed by atoms with Crippen LogP contribution >= 0.6 is 0 Å². The fourth-order valence-corrected chi connectivity index (χ4v) is 10.7. The molecule has 7 atom stereocenters. The van der Waals surface area contributed by atoms with Crippen molar-refractivity contribution in [2.75, 3.05) is 39.0 Å². The molecular weight excluding hydrogens is 891 g/mol. The number of nitrogens with zero attached hydrogens (tertiary/aromatic N) is 5. The molecule has 8 N–H and O–H groups in total. The van der Waals surface area contributed by atoms with E-state index in [-0.39, 0.29) is 65.4 Å². The number of allylic oxidation sites excluding steroid dienone is 1. The zero-order valence-electron chi connectivity index (χ0n) is 39.9. The number of nitrogen functional groups attached to an aromatic ring is 1. The summed E-state index contributed by atoms with van der Waals surface area (Å²) in [6, 6.07) is 16.4. The molecule has 2 saturated heterocycles. The molecule has 0 unspecified atom stereocenters. The van der Waals surface area contributed by atoms with E-state index in [2.05, 4.69) is 48.1 Å². The highest BCUT2D eigenvalue weighted by Crippen LogP contribution is 2.45. The first-order chi connectivity index (χ1) is 34.0. The number of aromatic nitrogens is 2. The molecule has 0 radical (unpaired) electrons. The molecule has 17 heteroatoms. The Balaban J connectivity index is 0.883. The van der Waals surface area contributed by atoms with Gasteiger partial charge in [-0.05, 0) is 123 Å². The SMILES string of the molecule is CNC[C@H]1[C@@H](N2C=C3N=CC=C3C2)NC(=NCCCc2ccnc(N)c2)N[C@]12CCC[C@H](Oc1cc(CC[C@H]3C[C@@H](OC(C)=O)C[C@@H](c4cc(O)c(O)c(OCCc5cccnc5)c4)O3)ccc1O)C2. The van der Waals surface area contributed by atoms with Crippen LogP contribution in [0.4, 0.5) is 5.82 Å². The Labute approximate surface area is 408 Å². The second kappa shape index (κ2) is 21.8. The number of pyridine rings is 2. The Morgan fingerprint density at radius 1 is 1.01 bits per heavy atom. The number of carbonyl (C=O) groups excluding carboxylic acids is 1. The number of carbonyl (C=O) groups is 1. The zero-order chi connectivity index (χ0) is 48.6. The van der Waals surface area contributed by atoms with Crippen LogP contribution in [0.15, 0.2) is 107 Å². The third kappa shape index (κ3) is 11.6. The van der Waals surface area contributed by atoms with Crippen LogP contribution in [0.2, 0.25) is 0 Å². The Kier molecular flexibility index (Phi) is 15.0. The van der Waals surface area contributed by atoms with Gasteiger partial charge in [-0.25, -0.2) is 4.98 Å². The number of benzene rings is 2. The molecule has 1 saturated carbocycles. The number of aliphatic imine (C=N–C) groups is 2. The van der Waals surface area contributed by atoms with Crippen molar-refractivity contribution >= 4 is 24.0 Å². The van der Waals surface area contributed by atoms with Gasteiger partial charge in [-0.1, -0.05) is 12.1 Å². The second-order valence-corrected chi connectivity index (χ2v) is 19.1. The lowest BCUT2D eigenvalue weighted by atomic mass is 9.69. The highest BCUT2D eigenvalue weighted by atomic mass is 16.6. The predicted octanol–water partition coefficient (Wildman–Crippen LogP) is 6.15. The van der Waals surface area contributed by atoms with Gasteiger partial charge in [0, 0.05) is 94.7 Å². The van der Waals surface area contributed by atoms with Gasteiger partial charge >= 0.3 is 5.97 Å². The van der Waals surface area contributed by atoms with Gasteiger partial charge in [0.05, 0.1) is 30.1 Å². The molecule has 0 bridgehead atoms. The van der Waals surface area contributed by atoms with Gasteiger partial charge in [-0.15, -0.1) is 0 Å². The zero-order valence-corrected chi connectivity index (χ0v) is 39.9. The first-order valence-electron chi connectivity index (χ1n) is 24.5. The number of nitrogens with one attached hydrogen (secondary N) is 3. The average Bonchev–Trinajstić information content (AvgIpc) is 3.97. The van der Waals surface area contributed by atoms with Gasteiger partial charge in [0.1, 0.15) is 24.2 Å². The molecule has 4 aromatic rings. The Hall–Kier alpha value is -6.85. The standard InChI is InChI=1S/C53H65N9O8/c1-33(63)68-41-26-39(69-46(27-41)38-24-45(65)50(66)48(25-38)67-21-15-36-7-4-17-56-29-36)11-9-35-10-12-44(64)47(22-35)70-40-8-3-16-53(28-40)42(30-55-2)51(62-31-37-14-20-57-43(37)32-62)60-52(61-53)59-18-5-6-34-13-19-58-49(54)23-34/h4,7,10,12-14,17,19-20,22-25,29,32,39-42,46,51,55,64-66H,3,5-6,8-9,11,15-16,18,21,26-28,30-31H2,1-2H3,(H2,54,58)(H2,59,60,61)/t39-,40-,41+,42-,46-,51+,53-/m0/s1. The number of anilines is 1. The van der Waals surface area contributed by atoms with Crippen LogP contribution in [0.1, 0.15) is 86.6 Å². The van der Waals surface area contributed by atoms with Gasteiger partial charge in [-0.2, -0.15) is 0 Å². The van der Waals surface area contributed by atoms with E-state index in [1.165, 1.54) is 18.6 Å². The lowest BCUT2D eigenvalue weighted by molar-refractivity contribution is -0.160. The molecule has 9 rings (SSSR count). The summed E-state index contributed by atoms with van der Waals surface area (Å²) in [5.74, 6) is 0.958. The van der Waals surface area contributed by atoms with Crippen molar-refractivity contribution in [3.63, 3.8) is 0 Å². The van der Waals surface area contributed by atoms with Crippen molar-refractivity contribution < 1.29 is 39.1 Å². The summed E-state index contributed by atoms with van der Waals surface area (Å²) in [6.07, 6.45) is 17.4. The van der Waals surface area contributed by atoms with E-state index in [9.17, 15) is 20.1 Å². The molecular formula is C53H65N9O8. The lowest BCUT2D eigenvalue weighted by Gasteiger charge is -2.55. The van der Waals surface area contributed by atoms with Gasteiger partial charge in [-0.3, -0.25) is 19.8 Å². The summed E-state index contributed by atoms with van der Waals surface area (Å²) in [6.45, 7) is 3.77. The summed E-state index contributed by atoms with van der Waals surface area (Å²) in [4.78, 5) is 32.6. The molecule has 70 heavy (non-hydrogen) atoms. The molecule has 17 nitrogen and oxygen atoms in total. The molecule has 1 aliphatic carbocycles. The number of nitrogens with two attached hydrogens (primary N) is 1. The number of rotatable bonds is 18. The molecule has 370 valence electrons. The quantitative estimate of drug-likeness (QED) is 0.0337. The number of esters is 1. The summed E-state index contributed by atoms with van der Waals surface area (Å²) >= 11 is 0. The smallest absolute Gasteiger partial charge is 0.302 e. The monoisotopic (exact) mass is 955 g/mol. The number of aryl methyl sites for hydroxylation is 2. The first kappa shape index (κ1) is 48.2. The van der Waals surface area contributed by atoms with Crippen LogP contribution in [0.25, 0.3) is 0 Å². The van der Waals surface area contributed by atoms with Crippen molar-refractivity contribution in [1.29, 1.82) is 0 Å². The minimum absolute atomic E-state index is 0.0721. The topological polar surface area (TPSA) is 231 Å². The number of hydrogen-bond donors (Lipinski definition) is 7. The average molecular weight is 956 g/mol. The molecule has 3 fully saturated rings. The molecule has 2 aromatic carbocycles. The van der Waals surface area contributed by atoms with Crippen LogP contribution in [0.3, 0.4) is 0 Å². The number of ether oxygens (including phenoxy) is 4. The number of phenols is 3. The van der Waals surface area contributed by atoms with E-state index < -0.39 is 12.2 Å². The van der Waals surface area contributed by atoms with E-state index >= 15 is 0 Å². The fourth-order valence-electron chi connectivity index (χ4n) is 10.7. The van der Waals surface area contributed by atoms with Gasteiger partial charge < -0.3 is 60.9 Å². The van der Waals surface area contributed by atoms with Crippen molar-refractivity contribution in [2.24, 2.45) is 15.9 Å². The molecule has 0 amide bonds. The van der Waals surface area contributed by atoms with E-state index in [0.717, 1.165) is 73.5 Å². The summed E-state index contributed by atoms with van der Waals surface area (Å²) in [7, 11) is 2.00. The number of aromatic hydroxyl groups is 3. The predicted molar refractivity (Wildman–Crippen MR) is 266 cm³/mol. The van der Waals surface area contributed by atoms with Crippen molar-refractivity contribution in [1.82, 2.24) is 30.8 Å². The maximum absolute atomic E-state index is 12.2. The Morgan fingerprint density at radius 2 is 1.90 bits per heavy atom. The summed E-state index contributed by atoms with van der Waals surface area (Å²) in [5.41, 5.74) is 11.4. The minimum atomic E-state index is -0.549. The number of fused-ring (bicyclic) bond motifs is 1. The van der Waals surface area contributed by atoms with Crippen molar-refractivity contribution in [2.45, 2.75) is 114 Å². The second-order valence-electron chi connectivity index (χ2n) is 19.1. The van der Waals surface area contributed by atoms with Crippen LogP contribution in [0.5, 0.6) is 28.7 Å². The summed E-state index contributed by atoms with van der Waals surface area (Å²) < 4.78 is 25.2. The minimum Gasteiger partial charge on any atom is -0.504 e. The maximum Gasteiger partial charge on any atom is 0.302 e. The van der Waals surface area contributed by atoms with E-state index in [1.54, 1.807) is 30.7 Å². The van der Waals surface area contributed by atoms with Crippen molar-refractivity contribution in [3.05, 3.63) is 119 Å². The van der Waals surface area contributed by atoms with Crippen molar-refractivity contribution in [3.8, 4) is 28.7 Å². The first-order valence-corrected chi connectivity index (χ1v) is 24.5.